The molecule has 3 N–H and O–H groups in total. The Kier molecular flexibility index (Phi) is 7.98. The van der Waals surface area contributed by atoms with Gasteiger partial charge in [-0.2, -0.15) is 0 Å². The topological polar surface area (TPSA) is 64.3 Å². The summed E-state index contributed by atoms with van der Waals surface area (Å²) < 4.78 is 14.0. The molecule has 5 unspecified atom stereocenters. The normalized spacial score (nSPS) is 34.9. The molecule has 0 radical (unpaired) electrons. The predicted molar refractivity (Wildman–Crippen MR) is 131 cm³/mol. The van der Waals surface area contributed by atoms with Crippen molar-refractivity contribution in [3.63, 3.8) is 0 Å². The van der Waals surface area contributed by atoms with Gasteiger partial charge in [-0.15, -0.1) is 0 Å². The van der Waals surface area contributed by atoms with Crippen molar-refractivity contribution in [1.82, 2.24) is 0 Å². The van der Waals surface area contributed by atoms with E-state index in [-0.39, 0.29) is 17.5 Å². The first kappa shape index (κ1) is 25.1. The molecule has 4 heteroatoms. The highest BCUT2D eigenvalue weighted by atomic mass is 19.1. The van der Waals surface area contributed by atoms with Crippen molar-refractivity contribution >= 4 is 5.71 Å². The average molecular weight is 444 g/mol. The van der Waals surface area contributed by atoms with Gasteiger partial charge >= 0.3 is 0 Å². The Balaban J connectivity index is 1.73. The summed E-state index contributed by atoms with van der Waals surface area (Å²) in [7, 11) is 0. The van der Waals surface area contributed by atoms with E-state index in [4.69, 9.17) is 5.41 Å². The van der Waals surface area contributed by atoms with Gasteiger partial charge in [-0.25, -0.2) is 4.39 Å². The van der Waals surface area contributed by atoms with Gasteiger partial charge in [0, 0.05) is 12.8 Å². The van der Waals surface area contributed by atoms with Crippen LogP contribution in [0.1, 0.15) is 85.5 Å². The average Bonchev–Trinajstić information content (AvgIpc) is 3.12. The number of alkyl halides is 1. The van der Waals surface area contributed by atoms with Crippen LogP contribution in [0.3, 0.4) is 0 Å². The SMILES string of the molecule is CCC(O)(C=CCC(C)C1=CCC2C(=CC=C3CC(O)CC(F)C3=N)CCCC12C)CC. The van der Waals surface area contributed by atoms with Crippen LogP contribution in [0.2, 0.25) is 0 Å². The first-order valence-corrected chi connectivity index (χ1v) is 12.5. The fourth-order valence-electron chi connectivity index (χ4n) is 6.09. The van der Waals surface area contributed by atoms with Crippen molar-refractivity contribution in [2.24, 2.45) is 17.3 Å². The molecule has 3 aliphatic carbocycles. The number of hydrogen-bond donors (Lipinski definition) is 3. The van der Waals surface area contributed by atoms with E-state index >= 15 is 0 Å². The summed E-state index contributed by atoms with van der Waals surface area (Å²) in [5.41, 5.74) is 3.06. The molecule has 0 heterocycles. The molecule has 2 fully saturated rings. The monoisotopic (exact) mass is 443 g/mol. The molecule has 0 bridgehead atoms. The summed E-state index contributed by atoms with van der Waals surface area (Å²) in [5.74, 6) is 0.896. The molecule has 2 saturated carbocycles. The number of aliphatic hydroxyl groups excluding tert-OH is 1. The lowest BCUT2D eigenvalue weighted by atomic mass is 9.62. The van der Waals surface area contributed by atoms with E-state index in [0.717, 1.165) is 38.5 Å². The van der Waals surface area contributed by atoms with Crippen molar-refractivity contribution in [3.05, 3.63) is 47.1 Å². The molecule has 3 rings (SSSR count). The van der Waals surface area contributed by atoms with Gasteiger partial charge in [0.2, 0.25) is 0 Å². The Morgan fingerprint density at radius 1 is 1.31 bits per heavy atom. The summed E-state index contributed by atoms with van der Waals surface area (Å²) in [6.45, 7) is 8.75. The van der Waals surface area contributed by atoms with Crippen molar-refractivity contribution < 1.29 is 14.6 Å². The summed E-state index contributed by atoms with van der Waals surface area (Å²) in [4.78, 5) is 0. The molecule has 0 aromatic rings. The first-order chi connectivity index (χ1) is 15.1. The van der Waals surface area contributed by atoms with E-state index in [1.165, 1.54) is 17.6 Å². The van der Waals surface area contributed by atoms with Crippen LogP contribution < -0.4 is 0 Å². The maximum atomic E-state index is 14.0. The third-order valence-corrected chi connectivity index (χ3v) is 8.38. The van der Waals surface area contributed by atoms with Gasteiger partial charge in [0.05, 0.1) is 17.4 Å². The van der Waals surface area contributed by atoms with Gasteiger partial charge in [-0.1, -0.05) is 69.2 Å². The molecule has 0 amide bonds. The zero-order chi connectivity index (χ0) is 23.5. The zero-order valence-corrected chi connectivity index (χ0v) is 20.3. The van der Waals surface area contributed by atoms with Gasteiger partial charge in [0.15, 0.2) is 0 Å². The fraction of sp³-hybridized carbons (Fsp3) is 0.679. The van der Waals surface area contributed by atoms with Gasteiger partial charge in [-0.05, 0) is 67.8 Å². The second-order valence-corrected chi connectivity index (χ2v) is 10.5. The fourth-order valence-corrected chi connectivity index (χ4v) is 6.09. The van der Waals surface area contributed by atoms with Crippen LogP contribution in [0, 0.1) is 22.7 Å². The molecule has 3 nitrogen and oxygen atoms in total. The maximum absolute atomic E-state index is 14.0. The van der Waals surface area contributed by atoms with Gasteiger partial charge in [0.1, 0.15) is 6.17 Å². The molecule has 0 aromatic carbocycles. The van der Waals surface area contributed by atoms with E-state index in [0.29, 0.717) is 23.8 Å². The number of nitrogens with one attached hydrogen (secondary N) is 1. The number of aliphatic hydroxyl groups is 2. The maximum Gasteiger partial charge on any atom is 0.144 e. The van der Waals surface area contributed by atoms with Gasteiger partial charge in [-0.3, -0.25) is 0 Å². The molecule has 0 aromatic heterocycles. The second kappa shape index (κ2) is 10.2. The quantitative estimate of drug-likeness (QED) is 0.387. The molecular weight excluding hydrogens is 401 g/mol. The lowest BCUT2D eigenvalue weighted by Crippen LogP contribution is -2.32. The molecule has 32 heavy (non-hydrogen) atoms. The molecule has 0 spiro atoms. The predicted octanol–water partition coefficient (Wildman–Crippen LogP) is 6.62. The second-order valence-electron chi connectivity index (χ2n) is 10.5. The molecule has 178 valence electrons. The van der Waals surface area contributed by atoms with Crippen LogP contribution in [0.25, 0.3) is 0 Å². The van der Waals surface area contributed by atoms with E-state index in [1.807, 2.05) is 26.0 Å². The lowest BCUT2D eigenvalue weighted by Gasteiger charge is -2.42. The summed E-state index contributed by atoms with van der Waals surface area (Å²) in [5, 5.41) is 28.5. The van der Waals surface area contributed by atoms with Crippen molar-refractivity contribution in [2.45, 2.75) is 103 Å². The van der Waals surface area contributed by atoms with Crippen LogP contribution in [0.4, 0.5) is 4.39 Å². The van der Waals surface area contributed by atoms with Crippen molar-refractivity contribution in [1.29, 1.82) is 5.41 Å². The Morgan fingerprint density at radius 2 is 2.03 bits per heavy atom. The van der Waals surface area contributed by atoms with Crippen molar-refractivity contribution in [3.8, 4) is 0 Å². The number of allylic oxidation sites excluding steroid dienone is 6. The first-order valence-electron chi connectivity index (χ1n) is 12.5. The zero-order valence-electron chi connectivity index (χ0n) is 20.3. The number of hydrogen-bond acceptors (Lipinski definition) is 3. The Labute approximate surface area is 193 Å². The summed E-state index contributed by atoms with van der Waals surface area (Å²) in [6, 6.07) is 0. The minimum Gasteiger partial charge on any atom is -0.393 e. The molecule has 3 aliphatic rings. The number of rotatable bonds is 7. The largest absolute Gasteiger partial charge is 0.393 e. The number of fused-ring (bicyclic) bond motifs is 1. The molecule has 0 saturated heterocycles. The third-order valence-electron chi connectivity index (χ3n) is 8.38. The standard InChI is InChI=1S/C28H42FNO2/c1-5-28(32,6-2)16-7-9-19(3)23-13-14-24-20(10-8-15-27(23,24)4)11-12-21-17-22(31)18-25(29)26(21)30/h7,11-13,16,19,22,24-25,30-32H,5-6,8-10,14-15,17-18H2,1-4H3. The van der Waals surface area contributed by atoms with E-state index in [9.17, 15) is 14.6 Å². The molecular formula is C28H42FNO2. The lowest BCUT2D eigenvalue weighted by molar-refractivity contribution is 0.0824. The van der Waals surface area contributed by atoms with Crippen LogP contribution in [-0.2, 0) is 0 Å². The molecule has 0 aliphatic heterocycles. The van der Waals surface area contributed by atoms with E-state index in [2.05, 4.69) is 32.1 Å². The Bertz CT molecular complexity index is 819. The third kappa shape index (κ3) is 5.17. The van der Waals surface area contributed by atoms with Crippen LogP contribution >= 0.6 is 0 Å². The Morgan fingerprint density at radius 3 is 2.72 bits per heavy atom. The van der Waals surface area contributed by atoms with Crippen LogP contribution in [0.5, 0.6) is 0 Å². The van der Waals surface area contributed by atoms with Crippen molar-refractivity contribution in [2.75, 3.05) is 0 Å². The van der Waals surface area contributed by atoms with E-state index < -0.39 is 17.9 Å². The smallest absolute Gasteiger partial charge is 0.144 e. The van der Waals surface area contributed by atoms with Crippen LogP contribution in [-0.4, -0.2) is 33.8 Å². The molecule has 5 atom stereocenters. The highest BCUT2D eigenvalue weighted by Gasteiger charge is 2.45. The minimum atomic E-state index is -1.35. The van der Waals surface area contributed by atoms with E-state index in [1.54, 1.807) is 0 Å². The highest BCUT2D eigenvalue weighted by Crippen LogP contribution is 2.56. The summed E-state index contributed by atoms with van der Waals surface area (Å²) >= 11 is 0. The van der Waals surface area contributed by atoms with Crippen LogP contribution in [0.15, 0.2) is 47.1 Å². The highest BCUT2D eigenvalue weighted by molar-refractivity contribution is 6.02. The summed E-state index contributed by atoms with van der Waals surface area (Å²) in [6.07, 6.45) is 15.8. The van der Waals surface area contributed by atoms with Gasteiger partial charge < -0.3 is 15.6 Å². The number of halogens is 1. The minimum absolute atomic E-state index is 0.0375. The van der Waals surface area contributed by atoms with Gasteiger partial charge in [0.25, 0.3) is 0 Å². The Hall–Kier alpha value is -1.52.